The lowest BCUT2D eigenvalue weighted by Crippen LogP contribution is -2.58. The minimum absolute atomic E-state index is 0.0842. The van der Waals surface area contributed by atoms with E-state index in [0.717, 1.165) is 16.9 Å². The van der Waals surface area contributed by atoms with Crippen LogP contribution in [0.5, 0.6) is 0 Å². The number of thiazole rings is 1. The zero-order valence-corrected chi connectivity index (χ0v) is 27.3. The average Bonchev–Trinajstić information content (AvgIpc) is 3.51. The van der Waals surface area contributed by atoms with Crippen molar-refractivity contribution in [1.29, 1.82) is 0 Å². The van der Waals surface area contributed by atoms with Crippen molar-refractivity contribution in [3.63, 3.8) is 0 Å². The van der Waals surface area contributed by atoms with Crippen LogP contribution in [0.25, 0.3) is 0 Å². The summed E-state index contributed by atoms with van der Waals surface area (Å²) in [5.41, 5.74) is 0.967. The molecule has 11 heteroatoms. The molecule has 0 radical (unpaired) electrons. The molecule has 0 unspecified atom stereocenters. The van der Waals surface area contributed by atoms with Gasteiger partial charge in [0.25, 0.3) is 0 Å². The number of piperidine rings is 1. The maximum absolute atomic E-state index is 14.1. The molecular weight excluding hydrogens is 617 g/mol. The number of rotatable bonds is 7. The van der Waals surface area contributed by atoms with Crippen LogP contribution < -0.4 is 16.0 Å². The van der Waals surface area contributed by atoms with Gasteiger partial charge in [0.15, 0.2) is 5.13 Å². The molecule has 3 aliphatic rings. The Morgan fingerprint density at radius 1 is 1.06 bits per heavy atom. The number of likely N-dealkylation sites (tertiary alicyclic amines) is 1. The number of nitrogens with zero attached hydrogens (tertiary/aromatic N) is 2. The largest absolute Gasteiger partial charge is 0.381 e. The second kappa shape index (κ2) is 15.3. The molecule has 6 rings (SSSR count). The first-order valence-corrected chi connectivity index (χ1v) is 17.3. The van der Waals surface area contributed by atoms with E-state index in [-0.39, 0.29) is 42.0 Å². The molecule has 3 aromatic rings. The molecule has 0 saturated carbocycles. The lowest BCUT2D eigenvalue weighted by molar-refractivity contribution is -0.140. The number of ether oxygens (including phenoxy) is 1. The minimum Gasteiger partial charge on any atom is -0.381 e. The third-order valence-corrected chi connectivity index (χ3v) is 10.5. The zero-order chi connectivity index (χ0) is 32.6. The zero-order valence-electron chi connectivity index (χ0n) is 26.5. The van der Waals surface area contributed by atoms with Gasteiger partial charge < -0.3 is 20.7 Å². The smallest absolute Gasteiger partial charge is 0.243 e. The van der Waals surface area contributed by atoms with Crippen molar-refractivity contribution in [3.05, 3.63) is 94.8 Å². The molecule has 2 saturated heterocycles. The third-order valence-electron chi connectivity index (χ3n) is 9.59. The maximum atomic E-state index is 14.1. The van der Waals surface area contributed by atoms with Crippen LogP contribution in [0.1, 0.15) is 48.1 Å². The van der Waals surface area contributed by atoms with Crippen LogP contribution in [0.3, 0.4) is 0 Å². The van der Waals surface area contributed by atoms with Crippen LogP contribution in [0, 0.1) is 17.2 Å². The summed E-state index contributed by atoms with van der Waals surface area (Å²) in [6, 6.07) is 15.6. The van der Waals surface area contributed by atoms with Crippen molar-refractivity contribution in [3.8, 4) is 0 Å². The summed E-state index contributed by atoms with van der Waals surface area (Å²) in [5, 5.41) is 9.82. The Labute approximate surface area is 279 Å². The standard InChI is InChI=1S/C36H42FN5O4S/c37-29-12-5-4-10-26(29)21-28-22-38-35(47-28)41-32(43)24-42-17-13-30-27(23-42)11-6-7-14-36(15-18-46-19-16-36)34(45)40-31(33(44)39-30)20-25-8-2-1-3-9-25/h1-10,12,22,27,30-31H,11,13-21,23-24H2,(H,39,44)(H,40,45)(H,38,41,43)/b7-6+/t27-,30-,31+/m0/s1. The second-order valence-corrected chi connectivity index (χ2v) is 14.0. The number of hydrogen-bond acceptors (Lipinski definition) is 7. The van der Waals surface area contributed by atoms with Gasteiger partial charge >= 0.3 is 0 Å². The number of hydrogen-bond donors (Lipinski definition) is 3. The highest BCUT2D eigenvalue weighted by Gasteiger charge is 2.41. The van der Waals surface area contributed by atoms with Gasteiger partial charge in [-0.3, -0.25) is 19.3 Å². The molecule has 1 aromatic heterocycles. The summed E-state index contributed by atoms with van der Waals surface area (Å²) in [7, 11) is 0. The quantitative estimate of drug-likeness (QED) is 0.323. The predicted octanol–water partition coefficient (Wildman–Crippen LogP) is 4.49. The van der Waals surface area contributed by atoms with Gasteiger partial charge in [-0.25, -0.2) is 9.37 Å². The van der Waals surface area contributed by atoms with E-state index in [4.69, 9.17) is 4.74 Å². The van der Waals surface area contributed by atoms with Crippen molar-refractivity contribution in [2.24, 2.45) is 11.3 Å². The van der Waals surface area contributed by atoms with E-state index in [2.05, 4.69) is 38.0 Å². The van der Waals surface area contributed by atoms with Crippen LogP contribution in [-0.2, 0) is 32.0 Å². The fourth-order valence-electron chi connectivity index (χ4n) is 6.84. The van der Waals surface area contributed by atoms with Crippen LogP contribution in [0.2, 0.25) is 0 Å². The van der Waals surface area contributed by atoms with E-state index in [1.54, 1.807) is 24.4 Å². The molecule has 2 fully saturated rings. The van der Waals surface area contributed by atoms with Crippen molar-refractivity contribution in [1.82, 2.24) is 20.5 Å². The molecule has 0 aliphatic carbocycles. The van der Waals surface area contributed by atoms with Crippen molar-refractivity contribution < 1.29 is 23.5 Å². The van der Waals surface area contributed by atoms with E-state index in [1.165, 1.54) is 17.4 Å². The van der Waals surface area contributed by atoms with E-state index in [9.17, 15) is 18.8 Å². The lowest BCUT2D eigenvalue weighted by atomic mass is 9.75. The van der Waals surface area contributed by atoms with Gasteiger partial charge in [0.2, 0.25) is 17.7 Å². The summed E-state index contributed by atoms with van der Waals surface area (Å²) in [5.74, 6) is -0.575. The van der Waals surface area contributed by atoms with Gasteiger partial charge in [0.1, 0.15) is 11.9 Å². The molecule has 1 spiro atoms. The highest BCUT2D eigenvalue weighted by molar-refractivity contribution is 7.15. The molecule has 3 aliphatic heterocycles. The molecular formula is C36H42FN5O4S. The summed E-state index contributed by atoms with van der Waals surface area (Å²) < 4.78 is 19.7. The number of carbonyl (C=O) groups excluding carboxylic acids is 3. The Bertz CT molecular complexity index is 1570. The number of carbonyl (C=O) groups is 3. The molecule has 3 N–H and O–H groups in total. The van der Waals surface area contributed by atoms with Crippen LogP contribution >= 0.6 is 11.3 Å². The molecule has 2 aromatic carbocycles. The van der Waals surface area contributed by atoms with Gasteiger partial charge in [0.05, 0.1) is 12.0 Å². The number of allylic oxidation sites excluding steroid dienone is 2. The summed E-state index contributed by atoms with van der Waals surface area (Å²) in [6.07, 6.45) is 9.99. The molecule has 3 amide bonds. The first-order valence-electron chi connectivity index (χ1n) is 16.5. The van der Waals surface area contributed by atoms with E-state index in [1.807, 2.05) is 30.3 Å². The Balaban J connectivity index is 1.11. The van der Waals surface area contributed by atoms with Gasteiger partial charge in [-0.1, -0.05) is 60.7 Å². The molecule has 3 atom stereocenters. The monoisotopic (exact) mass is 659 g/mol. The van der Waals surface area contributed by atoms with E-state index >= 15 is 0 Å². The number of fused-ring (bicyclic) bond motifs is 1. The molecule has 0 bridgehead atoms. The number of nitrogens with one attached hydrogen (secondary N) is 3. The highest BCUT2D eigenvalue weighted by atomic mass is 32.1. The molecule has 47 heavy (non-hydrogen) atoms. The topological polar surface area (TPSA) is 113 Å². The fourth-order valence-corrected chi connectivity index (χ4v) is 7.69. The number of benzene rings is 2. The predicted molar refractivity (Wildman–Crippen MR) is 179 cm³/mol. The first kappa shape index (κ1) is 33.0. The number of aromatic nitrogens is 1. The van der Waals surface area contributed by atoms with Gasteiger partial charge in [-0.15, -0.1) is 11.3 Å². The minimum atomic E-state index is -0.695. The Morgan fingerprint density at radius 3 is 2.66 bits per heavy atom. The molecule has 248 valence electrons. The van der Waals surface area contributed by atoms with Gasteiger partial charge in [-0.05, 0) is 55.2 Å². The van der Waals surface area contributed by atoms with Crippen LogP contribution in [0.15, 0.2) is 72.9 Å². The van der Waals surface area contributed by atoms with E-state index in [0.29, 0.717) is 75.5 Å². The normalized spacial score (nSPS) is 24.2. The summed E-state index contributed by atoms with van der Waals surface area (Å²) in [6.45, 7) is 2.54. The highest BCUT2D eigenvalue weighted by Crippen LogP contribution is 2.36. The number of anilines is 1. The molecule has 4 heterocycles. The maximum Gasteiger partial charge on any atom is 0.243 e. The molecule has 9 nitrogen and oxygen atoms in total. The number of amides is 3. The van der Waals surface area contributed by atoms with Gasteiger partial charge in [-0.2, -0.15) is 0 Å². The summed E-state index contributed by atoms with van der Waals surface area (Å²) in [4.78, 5) is 48.0. The summed E-state index contributed by atoms with van der Waals surface area (Å²) >= 11 is 1.35. The SMILES string of the molecule is O=C(CN1CC[C@@H]2NC(=O)[C@@H](Cc3ccccc3)NC(=O)C3(C/C=C/C[C@H]2C1)CCOCC3)Nc1ncc(Cc2ccccc2F)s1. The van der Waals surface area contributed by atoms with Gasteiger partial charge in [0, 0.05) is 56.3 Å². The van der Waals surface area contributed by atoms with E-state index < -0.39 is 11.5 Å². The van der Waals surface area contributed by atoms with Crippen molar-refractivity contribution >= 4 is 34.2 Å². The van der Waals surface area contributed by atoms with Crippen LogP contribution in [-0.4, -0.2) is 72.5 Å². The lowest BCUT2D eigenvalue weighted by Gasteiger charge is -2.40. The van der Waals surface area contributed by atoms with Crippen molar-refractivity contribution in [2.75, 3.05) is 38.2 Å². The second-order valence-electron chi connectivity index (χ2n) is 12.9. The number of halogens is 1. The Kier molecular flexibility index (Phi) is 10.7. The average molecular weight is 660 g/mol. The van der Waals surface area contributed by atoms with Crippen LogP contribution in [0.4, 0.5) is 9.52 Å². The Hall–Kier alpha value is -3.93. The Morgan fingerprint density at radius 2 is 1.85 bits per heavy atom. The fraction of sp³-hybridized carbons (Fsp3) is 0.444. The first-order chi connectivity index (χ1) is 22.9. The van der Waals surface area contributed by atoms with Crippen molar-refractivity contribution in [2.45, 2.75) is 57.0 Å². The third kappa shape index (κ3) is 8.51.